The number of unbranched alkanes of at least 4 members (excludes halogenated alkanes) is 1. The van der Waals surface area contributed by atoms with Crippen LogP contribution in [0.4, 0.5) is 5.69 Å². The van der Waals surface area contributed by atoms with Crippen LogP contribution in [0, 0.1) is 0 Å². The van der Waals surface area contributed by atoms with Crippen LogP contribution in [0.1, 0.15) is 25.3 Å². The summed E-state index contributed by atoms with van der Waals surface area (Å²) in [7, 11) is 0. The van der Waals surface area contributed by atoms with Crippen molar-refractivity contribution >= 4 is 27.5 Å². The molecule has 1 aromatic carbocycles. The topological polar surface area (TPSA) is 20.3 Å². The van der Waals surface area contributed by atoms with Crippen LogP contribution in [-0.4, -0.2) is 12.5 Å². The number of hydrogen-bond donors (Lipinski definition) is 0. The number of rotatable bonds is 3. The summed E-state index contributed by atoms with van der Waals surface area (Å²) in [6, 6.07) is 6.07. The van der Waals surface area contributed by atoms with Crippen LogP contribution in [0.25, 0.3) is 0 Å². The minimum Gasteiger partial charge on any atom is -0.312 e. The van der Waals surface area contributed by atoms with Crippen molar-refractivity contribution < 1.29 is 4.79 Å². The van der Waals surface area contributed by atoms with Gasteiger partial charge in [-0.1, -0.05) is 29.3 Å². The fraction of sp³-hybridized carbons (Fsp3) is 0.417. The molecular formula is C12H14BrNO. The molecule has 0 saturated carbocycles. The molecule has 0 aromatic heterocycles. The number of carbonyl (C=O) groups excluding carboxylic acids is 1. The van der Waals surface area contributed by atoms with Crippen molar-refractivity contribution in [2.75, 3.05) is 11.4 Å². The molecular weight excluding hydrogens is 254 g/mol. The zero-order valence-electron chi connectivity index (χ0n) is 8.79. The van der Waals surface area contributed by atoms with Gasteiger partial charge >= 0.3 is 0 Å². The van der Waals surface area contributed by atoms with Crippen LogP contribution in [0.15, 0.2) is 22.7 Å². The lowest BCUT2D eigenvalue weighted by Crippen LogP contribution is -2.27. The number of carbonyl (C=O) groups is 1. The summed E-state index contributed by atoms with van der Waals surface area (Å²) >= 11 is 3.43. The maximum absolute atomic E-state index is 11.8. The van der Waals surface area contributed by atoms with Crippen LogP contribution in [0.5, 0.6) is 0 Å². The normalized spacial score (nSPS) is 14.5. The molecule has 3 heteroatoms. The lowest BCUT2D eigenvalue weighted by molar-refractivity contribution is -0.117. The fourth-order valence-corrected chi connectivity index (χ4v) is 2.32. The first-order valence-corrected chi connectivity index (χ1v) is 6.10. The SMILES string of the molecule is CCCCN1C(=O)Cc2cc(Br)ccc21. The van der Waals surface area contributed by atoms with E-state index in [4.69, 9.17) is 0 Å². The van der Waals surface area contributed by atoms with Gasteiger partial charge in [-0.05, 0) is 30.2 Å². The highest BCUT2D eigenvalue weighted by molar-refractivity contribution is 9.10. The third-order valence-corrected chi connectivity index (χ3v) is 3.20. The van der Waals surface area contributed by atoms with Crippen LogP contribution in [0.3, 0.4) is 0 Å². The standard InChI is InChI=1S/C12H14BrNO/c1-2-3-6-14-11-5-4-10(13)7-9(11)8-12(14)15/h4-5,7H,2-3,6,8H2,1H3. The predicted octanol–water partition coefficient (Wildman–Crippen LogP) is 3.14. The van der Waals surface area contributed by atoms with Crippen LogP contribution < -0.4 is 4.90 Å². The molecule has 1 aliphatic heterocycles. The maximum Gasteiger partial charge on any atom is 0.231 e. The molecule has 0 spiro atoms. The van der Waals surface area contributed by atoms with E-state index in [2.05, 4.69) is 22.9 Å². The molecule has 0 unspecified atom stereocenters. The summed E-state index contributed by atoms with van der Waals surface area (Å²) in [5.41, 5.74) is 2.24. The molecule has 1 heterocycles. The number of nitrogens with zero attached hydrogens (tertiary/aromatic N) is 1. The lowest BCUT2D eigenvalue weighted by Gasteiger charge is -2.16. The second-order valence-corrected chi connectivity index (χ2v) is 4.76. The monoisotopic (exact) mass is 267 g/mol. The Morgan fingerprint density at radius 2 is 2.27 bits per heavy atom. The molecule has 0 fully saturated rings. The lowest BCUT2D eigenvalue weighted by atomic mass is 10.2. The Balaban J connectivity index is 2.25. The number of hydrogen-bond acceptors (Lipinski definition) is 1. The third-order valence-electron chi connectivity index (χ3n) is 2.71. The Bertz CT molecular complexity index is 389. The first kappa shape index (κ1) is 10.7. The summed E-state index contributed by atoms with van der Waals surface area (Å²) in [6.07, 6.45) is 2.75. The predicted molar refractivity (Wildman–Crippen MR) is 65.1 cm³/mol. The summed E-state index contributed by atoms with van der Waals surface area (Å²) in [5.74, 6) is 0.233. The van der Waals surface area contributed by atoms with Gasteiger partial charge in [0.25, 0.3) is 0 Å². The summed E-state index contributed by atoms with van der Waals surface area (Å²) in [6.45, 7) is 2.99. The first-order valence-electron chi connectivity index (χ1n) is 5.31. The zero-order valence-corrected chi connectivity index (χ0v) is 10.4. The van der Waals surface area contributed by atoms with Crippen LogP contribution >= 0.6 is 15.9 Å². The third kappa shape index (κ3) is 2.07. The van der Waals surface area contributed by atoms with Gasteiger partial charge in [0.2, 0.25) is 5.91 Å². The van der Waals surface area contributed by atoms with Gasteiger partial charge in [-0.25, -0.2) is 0 Å². The Hall–Kier alpha value is -0.830. The molecule has 15 heavy (non-hydrogen) atoms. The Kier molecular flexibility index (Phi) is 3.10. The number of halogens is 1. The summed E-state index contributed by atoms with van der Waals surface area (Å²) < 4.78 is 1.05. The Morgan fingerprint density at radius 3 is 3.00 bits per heavy atom. The van der Waals surface area contributed by atoms with Gasteiger partial charge < -0.3 is 4.90 Å². The minimum atomic E-state index is 0.233. The molecule has 0 N–H and O–H groups in total. The number of benzene rings is 1. The van der Waals surface area contributed by atoms with E-state index in [1.54, 1.807) is 0 Å². The van der Waals surface area contributed by atoms with Gasteiger partial charge in [0.05, 0.1) is 6.42 Å². The molecule has 0 aliphatic carbocycles. The highest BCUT2D eigenvalue weighted by Gasteiger charge is 2.26. The van der Waals surface area contributed by atoms with E-state index in [9.17, 15) is 4.79 Å². The van der Waals surface area contributed by atoms with Crippen molar-refractivity contribution in [3.63, 3.8) is 0 Å². The molecule has 0 saturated heterocycles. The molecule has 1 aromatic rings. The molecule has 1 aliphatic rings. The first-order chi connectivity index (χ1) is 7.22. The Morgan fingerprint density at radius 1 is 1.47 bits per heavy atom. The number of anilines is 1. The summed E-state index contributed by atoms with van der Waals surface area (Å²) in [4.78, 5) is 13.7. The van der Waals surface area contributed by atoms with Crippen LogP contribution in [0.2, 0.25) is 0 Å². The van der Waals surface area contributed by atoms with E-state index >= 15 is 0 Å². The van der Waals surface area contributed by atoms with Gasteiger partial charge in [-0.3, -0.25) is 4.79 Å². The second-order valence-electron chi connectivity index (χ2n) is 3.85. The smallest absolute Gasteiger partial charge is 0.231 e. The van der Waals surface area contributed by atoms with Gasteiger partial charge in [0.15, 0.2) is 0 Å². The molecule has 0 atom stereocenters. The highest BCUT2D eigenvalue weighted by atomic mass is 79.9. The van der Waals surface area contributed by atoms with E-state index in [1.165, 1.54) is 0 Å². The van der Waals surface area contributed by atoms with Gasteiger partial charge in [-0.15, -0.1) is 0 Å². The van der Waals surface area contributed by atoms with E-state index < -0.39 is 0 Å². The van der Waals surface area contributed by atoms with Crippen molar-refractivity contribution in [1.82, 2.24) is 0 Å². The average Bonchev–Trinajstić information content (AvgIpc) is 2.50. The number of amides is 1. The average molecular weight is 268 g/mol. The number of fused-ring (bicyclic) bond motifs is 1. The zero-order chi connectivity index (χ0) is 10.8. The minimum absolute atomic E-state index is 0.233. The van der Waals surface area contributed by atoms with Crippen molar-refractivity contribution in [1.29, 1.82) is 0 Å². The second kappa shape index (κ2) is 4.35. The Labute approximate surface area is 98.4 Å². The van der Waals surface area contributed by atoms with E-state index in [1.807, 2.05) is 23.1 Å². The molecule has 2 nitrogen and oxygen atoms in total. The van der Waals surface area contributed by atoms with Crippen molar-refractivity contribution in [3.05, 3.63) is 28.2 Å². The fourth-order valence-electron chi connectivity index (χ4n) is 1.91. The maximum atomic E-state index is 11.8. The van der Waals surface area contributed by atoms with Crippen molar-refractivity contribution in [3.8, 4) is 0 Å². The quantitative estimate of drug-likeness (QED) is 0.824. The van der Waals surface area contributed by atoms with Gasteiger partial charge in [0.1, 0.15) is 0 Å². The molecule has 80 valence electrons. The van der Waals surface area contributed by atoms with E-state index in [0.717, 1.165) is 35.1 Å². The summed E-state index contributed by atoms with van der Waals surface area (Å²) in [5, 5.41) is 0. The highest BCUT2D eigenvalue weighted by Crippen LogP contribution is 2.31. The van der Waals surface area contributed by atoms with Gasteiger partial charge in [0, 0.05) is 16.7 Å². The van der Waals surface area contributed by atoms with E-state index in [-0.39, 0.29) is 5.91 Å². The molecule has 1 amide bonds. The molecule has 0 bridgehead atoms. The van der Waals surface area contributed by atoms with Crippen molar-refractivity contribution in [2.24, 2.45) is 0 Å². The van der Waals surface area contributed by atoms with Crippen molar-refractivity contribution in [2.45, 2.75) is 26.2 Å². The van der Waals surface area contributed by atoms with E-state index in [0.29, 0.717) is 6.42 Å². The molecule has 0 radical (unpaired) electrons. The van der Waals surface area contributed by atoms with Gasteiger partial charge in [-0.2, -0.15) is 0 Å². The largest absolute Gasteiger partial charge is 0.312 e. The van der Waals surface area contributed by atoms with Crippen LogP contribution in [-0.2, 0) is 11.2 Å². The molecule has 2 rings (SSSR count).